The number of carbonyl (C=O) groups excluding carboxylic acids is 2. The van der Waals surface area contributed by atoms with Crippen LogP contribution in [-0.4, -0.2) is 34.9 Å². The second kappa shape index (κ2) is 7.20. The minimum absolute atomic E-state index is 0. The van der Waals surface area contributed by atoms with Crippen molar-refractivity contribution in [1.82, 2.24) is 5.32 Å². The van der Waals surface area contributed by atoms with Gasteiger partial charge in [0, 0.05) is 5.75 Å². The van der Waals surface area contributed by atoms with Crippen molar-refractivity contribution in [3.05, 3.63) is 0 Å². The van der Waals surface area contributed by atoms with Crippen molar-refractivity contribution < 1.29 is 9.59 Å². The van der Waals surface area contributed by atoms with Crippen LogP contribution in [0.15, 0.2) is 0 Å². The third-order valence-corrected chi connectivity index (χ3v) is 3.70. The molecule has 1 amide bonds. The van der Waals surface area contributed by atoms with Gasteiger partial charge in [-0.25, -0.2) is 0 Å². The largest absolute Gasteiger partial charge is 0.368 e. The molecular formula is C10H20ClN3O2S. The number of ketones is 1. The number of amides is 1. The van der Waals surface area contributed by atoms with E-state index < -0.39 is 18.0 Å². The molecule has 0 aromatic rings. The summed E-state index contributed by atoms with van der Waals surface area (Å²) in [4.78, 5) is 22.8. The first kappa shape index (κ1) is 16.7. The molecule has 17 heavy (non-hydrogen) atoms. The highest BCUT2D eigenvalue weighted by Crippen LogP contribution is 2.21. The number of halogens is 1. The zero-order valence-electron chi connectivity index (χ0n) is 10.0. The first-order valence-electron chi connectivity index (χ1n) is 5.38. The van der Waals surface area contributed by atoms with Gasteiger partial charge in [-0.2, -0.15) is 0 Å². The Bertz CT molecular complexity index is 289. The van der Waals surface area contributed by atoms with Gasteiger partial charge in [-0.05, 0) is 12.3 Å². The lowest BCUT2D eigenvalue weighted by Gasteiger charge is -2.17. The molecule has 0 radical (unpaired) electrons. The van der Waals surface area contributed by atoms with Gasteiger partial charge in [0.2, 0.25) is 5.91 Å². The minimum atomic E-state index is -0.461. The normalized spacial score (nSPS) is 25.4. The molecule has 7 heteroatoms. The summed E-state index contributed by atoms with van der Waals surface area (Å²) in [6.45, 7) is 4.04. The van der Waals surface area contributed by atoms with Gasteiger partial charge >= 0.3 is 0 Å². The van der Waals surface area contributed by atoms with Gasteiger partial charge in [0.25, 0.3) is 0 Å². The molecule has 0 aliphatic carbocycles. The van der Waals surface area contributed by atoms with Gasteiger partial charge in [-0.3, -0.25) is 14.9 Å². The van der Waals surface area contributed by atoms with E-state index in [9.17, 15) is 9.59 Å². The van der Waals surface area contributed by atoms with E-state index in [0.29, 0.717) is 18.1 Å². The molecule has 1 fully saturated rings. The number of primary amides is 1. The maximum Gasteiger partial charge on any atom is 0.235 e. The molecule has 0 saturated carbocycles. The van der Waals surface area contributed by atoms with E-state index in [2.05, 4.69) is 5.32 Å². The van der Waals surface area contributed by atoms with Gasteiger partial charge in [0.1, 0.15) is 5.37 Å². The molecule has 1 heterocycles. The molecule has 1 saturated heterocycles. The number of Topliss-reactive ketones (excluding diaryl/α,β-unsaturated/α-hetero) is 1. The number of hydrogen-bond acceptors (Lipinski definition) is 5. The fourth-order valence-corrected chi connectivity index (χ4v) is 2.86. The molecule has 100 valence electrons. The highest BCUT2D eigenvalue weighted by atomic mass is 35.5. The average Bonchev–Trinajstić information content (AvgIpc) is 2.64. The predicted octanol–water partition coefficient (Wildman–Crippen LogP) is -0.133. The van der Waals surface area contributed by atoms with Crippen LogP contribution in [0.1, 0.15) is 20.3 Å². The summed E-state index contributed by atoms with van der Waals surface area (Å²) in [6, 6.07) is -0.873. The summed E-state index contributed by atoms with van der Waals surface area (Å²) < 4.78 is 0. The Morgan fingerprint density at radius 1 is 1.47 bits per heavy atom. The summed E-state index contributed by atoms with van der Waals surface area (Å²) in [5.41, 5.74) is 11.0. The second-order valence-electron chi connectivity index (χ2n) is 4.47. The van der Waals surface area contributed by atoms with Crippen molar-refractivity contribution in [3.8, 4) is 0 Å². The zero-order valence-corrected chi connectivity index (χ0v) is 11.6. The molecule has 0 aromatic heterocycles. The van der Waals surface area contributed by atoms with Gasteiger partial charge < -0.3 is 11.5 Å². The van der Waals surface area contributed by atoms with Crippen LogP contribution in [0.2, 0.25) is 0 Å². The molecule has 1 aliphatic rings. The molecule has 1 aliphatic heterocycles. The lowest BCUT2D eigenvalue weighted by molar-refractivity contribution is -0.121. The smallest absolute Gasteiger partial charge is 0.235 e. The Hall–Kier alpha value is -0.300. The summed E-state index contributed by atoms with van der Waals surface area (Å²) in [7, 11) is 0. The van der Waals surface area contributed by atoms with Crippen molar-refractivity contribution in [2.45, 2.75) is 37.7 Å². The van der Waals surface area contributed by atoms with Crippen molar-refractivity contribution in [2.24, 2.45) is 17.4 Å². The Morgan fingerprint density at radius 2 is 2.06 bits per heavy atom. The van der Waals surface area contributed by atoms with Gasteiger partial charge in [-0.1, -0.05) is 13.8 Å². The van der Waals surface area contributed by atoms with Crippen molar-refractivity contribution >= 4 is 35.9 Å². The first-order chi connectivity index (χ1) is 7.41. The van der Waals surface area contributed by atoms with Crippen molar-refractivity contribution in [1.29, 1.82) is 0 Å². The van der Waals surface area contributed by atoms with Crippen LogP contribution in [0.5, 0.6) is 0 Å². The molecular weight excluding hydrogens is 262 g/mol. The van der Waals surface area contributed by atoms with Gasteiger partial charge in [0.15, 0.2) is 5.78 Å². The monoisotopic (exact) mass is 281 g/mol. The van der Waals surface area contributed by atoms with E-state index >= 15 is 0 Å². The third-order valence-electron chi connectivity index (χ3n) is 2.47. The van der Waals surface area contributed by atoms with E-state index in [0.717, 1.165) is 0 Å². The Balaban J connectivity index is 0.00000256. The lowest BCUT2D eigenvalue weighted by atomic mass is 10.0. The summed E-state index contributed by atoms with van der Waals surface area (Å²) in [5, 5.41) is 2.52. The van der Waals surface area contributed by atoms with Crippen LogP contribution in [0.4, 0.5) is 0 Å². The van der Waals surface area contributed by atoms with Crippen LogP contribution < -0.4 is 16.8 Å². The predicted molar refractivity (Wildman–Crippen MR) is 72.0 cm³/mol. The van der Waals surface area contributed by atoms with Crippen LogP contribution in [0.3, 0.4) is 0 Å². The SMILES string of the molecule is CC(C)C[C@H](N)C(=O)C1NC(C(N)=O)CS1.Cl. The van der Waals surface area contributed by atoms with Crippen molar-refractivity contribution in [2.75, 3.05) is 5.75 Å². The Labute approximate surface area is 112 Å². The highest BCUT2D eigenvalue weighted by molar-refractivity contribution is 8.00. The molecule has 1 rings (SSSR count). The highest BCUT2D eigenvalue weighted by Gasteiger charge is 2.34. The maximum absolute atomic E-state index is 11.9. The summed E-state index contributed by atoms with van der Waals surface area (Å²) in [6.07, 6.45) is 0.665. The first-order valence-corrected chi connectivity index (χ1v) is 6.43. The molecule has 0 bridgehead atoms. The Morgan fingerprint density at radius 3 is 2.47 bits per heavy atom. The van der Waals surface area contributed by atoms with E-state index in [4.69, 9.17) is 11.5 Å². The number of nitrogens with two attached hydrogens (primary N) is 2. The molecule has 0 aromatic carbocycles. The number of thioether (sulfide) groups is 1. The van der Waals surface area contributed by atoms with E-state index in [1.165, 1.54) is 11.8 Å². The summed E-state index contributed by atoms with van der Waals surface area (Å²) >= 11 is 1.40. The van der Waals surface area contributed by atoms with E-state index in [1.807, 2.05) is 13.8 Å². The van der Waals surface area contributed by atoms with Crippen molar-refractivity contribution in [3.63, 3.8) is 0 Å². The summed E-state index contributed by atoms with van der Waals surface area (Å²) in [5.74, 6) is 0.472. The second-order valence-corrected chi connectivity index (χ2v) is 5.61. The number of nitrogens with one attached hydrogen (secondary N) is 1. The van der Waals surface area contributed by atoms with Crippen LogP contribution in [0.25, 0.3) is 0 Å². The standard InChI is InChI=1S/C10H19N3O2S.ClH/c1-5(2)3-6(11)8(14)10-13-7(4-16-10)9(12)15;/h5-7,10,13H,3-4,11H2,1-2H3,(H2,12,15);1H/t6-,7?,10?;/m0./s1. The van der Waals surface area contributed by atoms with Crippen LogP contribution >= 0.6 is 24.2 Å². The van der Waals surface area contributed by atoms with Crippen LogP contribution in [0, 0.1) is 5.92 Å². The Kier molecular flexibility index (Phi) is 7.08. The zero-order chi connectivity index (χ0) is 12.3. The molecule has 3 atom stereocenters. The van der Waals surface area contributed by atoms with Gasteiger partial charge in [0.05, 0.1) is 12.1 Å². The topological polar surface area (TPSA) is 98.2 Å². The van der Waals surface area contributed by atoms with E-state index in [-0.39, 0.29) is 23.6 Å². The number of rotatable bonds is 5. The molecule has 2 unspecified atom stereocenters. The minimum Gasteiger partial charge on any atom is -0.368 e. The molecule has 5 nitrogen and oxygen atoms in total. The van der Waals surface area contributed by atoms with Gasteiger partial charge in [-0.15, -0.1) is 24.2 Å². The van der Waals surface area contributed by atoms with E-state index in [1.54, 1.807) is 0 Å². The quantitative estimate of drug-likeness (QED) is 0.652. The fraction of sp³-hybridized carbons (Fsp3) is 0.800. The average molecular weight is 282 g/mol. The van der Waals surface area contributed by atoms with Crippen LogP contribution in [-0.2, 0) is 9.59 Å². The fourth-order valence-electron chi connectivity index (χ4n) is 1.62. The molecule has 5 N–H and O–H groups in total. The molecule has 0 spiro atoms. The number of hydrogen-bond donors (Lipinski definition) is 3. The third kappa shape index (κ3) is 4.83. The number of carbonyl (C=O) groups is 2. The lowest BCUT2D eigenvalue weighted by Crippen LogP contribution is -2.47. The maximum atomic E-state index is 11.9.